The van der Waals surface area contributed by atoms with E-state index in [1.807, 2.05) is 19.1 Å². The lowest BCUT2D eigenvalue weighted by molar-refractivity contribution is -0.337. The van der Waals surface area contributed by atoms with E-state index >= 15 is 0 Å². The Morgan fingerprint density at radius 1 is 0.909 bits per heavy atom. The quantitative estimate of drug-likeness (QED) is 0.186. The molecule has 10 heteroatoms. The van der Waals surface area contributed by atoms with Crippen LogP contribution in [0.3, 0.4) is 0 Å². The van der Waals surface area contributed by atoms with Crippen molar-refractivity contribution < 1.29 is 36.0 Å². The van der Waals surface area contributed by atoms with Gasteiger partial charge >= 0.3 is 15.4 Å². The van der Waals surface area contributed by atoms with Crippen LogP contribution < -0.4 is 4.74 Å². The van der Waals surface area contributed by atoms with Crippen LogP contribution in [0.1, 0.15) is 66.5 Å². The van der Waals surface area contributed by atoms with Crippen molar-refractivity contribution in [1.29, 1.82) is 0 Å². The summed E-state index contributed by atoms with van der Waals surface area (Å²) < 4.78 is 76.0. The van der Waals surface area contributed by atoms with Gasteiger partial charge in [0.05, 0.1) is 23.6 Å². The SMILES string of the molecule is CC(C)C1OC(C)(c2ccc([S+](c3ccc(OCC(F)(F)S(=O)(=O)O)cc3)c3ccc(C(C)(C)C)cc3)cc2)OCC1(C)C. The summed E-state index contributed by atoms with van der Waals surface area (Å²) in [6.07, 6.45) is 0.0232. The molecule has 1 heterocycles. The highest BCUT2D eigenvalue weighted by molar-refractivity contribution is 7.97. The molecule has 0 aliphatic carbocycles. The number of halogens is 2. The number of hydrogen-bond donors (Lipinski definition) is 1. The fraction of sp³-hybridized carbons (Fsp3) is 0.471. The highest BCUT2D eigenvalue weighted by Gasteiger charge is 2.47. The van der Waals surface area contributed by atoms with E-state index in [9.17, 15) is 17.2 Å². The summed E-state index contributed by atoms with van der Waals surface area (Å²) in [5, 5.41) is -4.42. The van der Waals surface area contributed by atoms with Crippen LogP contribution >= 0.6 is 0 Å². The minimum absolute atomic E-state index is 0.0142. The van der Waals surface area contributed by atoms with E-state index in [1.54, 1.807) is 12.1 Å². The molecular weight excluding hydrogens is 606 g/mol. The molecule has 1 saturated heterocycles. The molecule has 0 radical (unpaired) electrons. The van der Waals surface area contributed by atoms with Crippen LogP contribution in [0.5, 0.6) is 5.75 Å². The van der Waals surface area contributed by atoms with E-state index in [1.165, 1.54) is 17.7 Å². The van der Waals surface area contributed by atoms with Crippen LogP contribution in [0.15, 0.2) is 87.5 Å². The van der Waals surface area contributed by atoms with Gasteiger partial charge in [-0.15, -0.1) is 0 Å². The summed E-state index contributed by atoms with van der Waals surface area (Å²) in [4.78, 5) is 3.01. The van der Waals surface area contributed by atoms with Gasteiger partial charge in [0.1, 0.15) is 5.75 Å². The van der Waals surface area contributed by atoms with Gasteiger partial charge in [0, 0.05) is 11.0 Å². The van der Waals surface area contributed by atoms with E-state index in [0.29, 0.717) is 12.5 Å². The Kier molecular flexibility index (Phi) is 9.66. The van der Waals surface area contributed by atoms with Crippen molar-refractivity contribution in [2.24, 2.45) is 11.3 Å². The lowest BCUT2D eigenvalue weighted by atomic mass is 9.80. The topological polar surface area (TPSA) is 82.1 Å². The third kappa shape index (κ3) is 7.48. The number of rotatable bonds is 9. The highest BCUT2D eigenvalue weighted by atomic mass is 32.2. The third-order valence-corrected chi connectivity index (χ3v) is 11.0. The van der Waals surface area contributed by atoms with Crippen LogP contribution in [0, 0.1) is 11.3 Å². The lowest BCUT2D eigenvalue weighted by Gasteiger charge is -2.49. The van der Waals surface area contributed by atoms with Gasteiger partial charge in [0.2, 0.25) is 0 Å². The Hall–Kier alpha value is -2.50. The van der Waals surface area contributed by atoms with Crippen molar-refractivity contribution in [3.63, 3.8) is 0 Å². The molecule has 3 aromatic carbocycles. The van der Waals surface area contributed by atoms with Crippen molar-refractivity contribution >= 4 is 21.0 Å². The molecule has 0 amide bonds. The molecule has 240 valence electrons. The molecule has 6 nitrogen and oxygen atoms in total. The van der Waals surface area contributed by atoms with E-state index in [2.05, 4.69) is 84.9 Å². The fourth-order valence-electron chi connectivity index (χ4n) is 5.34. The van der Waals surface area contributed by atoms with Gasteiger partial charge in [-0.1, -0.05) is 60.6 Å². The Bertz CT molecular complexity index is 1530. The van der Waals surface area contributed by atoms with Crippen molar-refractivity contribution in [1.82, 2.24) is 0 Å². The largest absolute Gasteiger partial charge is 0.486 e. The number of ether oxygens (including phenoxy) is 3. The van der Waals surface area contributed by atoms with Crippen molar-refractivity contribution in [2.45, 2.75) is 92.6 Å². The summed E-state index contributed by atoms with van der Waals surface area (Å²) >= 11 is 0. The standard InChI is InChI=1S/C34H42F2O6S2/c1-23(2)30-32(6,7)21-41-33(8,42-30)25-11-17-28(18-12-25)43(27-15-9-24(10-16-27)31(3,4)5)29-19-13-26(14-20-29)40-22-34(35,36)44(37,38)39/h9-20,23,30H,21-22H2,1-8H3/p+1. The number of benzene rings is 3. The van der Waals surface area contributed by atoms with Gasteiger partial charge < -0.3 is 14.2 Å². The zero-order chi connectivity index (χ0) is 32.7. The predicted octanol–water partition coefficient (Wildman–Crippen LogP) is 8.21. The Morgan fingerprint density at radius 2 is 1.39 bits per heavy atom. The van der Waals surface area contributed by atoms with E-state index in [-0.39, 0.29) is 22.7 Å². The summed E-state index contributed by atoms with van der Waals surface area (Å²) in [5.74, 6) is -0.513. The molecule has 1 aliphatic rings. The second-order valence-electron chi connectivity index (χ2n) is 13.5. The molecule has 3 atom stereocenters. The first kappa shape index (κ1) is 34.4. The molecule has 3 aromatic rings. The Morgan fingerprint density at radius 3 is 1.84 bits per heavy atom. The molecule has 1 aliphatic heterocycles. The zero-order valence-electron chi connectivity index (χ0n) is 26.6. The van der Waals surface area contributed by atoms with Crippen molar-refractivity contribution in [3.05, 3.63) is 83.9 Å². The van der Waals surface area contributed by atoms with Crippen LogP contribution in [0.25, 0.3) is 0 Å². The number of hydrogen-bond acceptors (Lipinski definition) is 5. The molecule has 1 N–H and O–H groups in total. The first-order valence-corrected chi connectivity index (χ1v) is 17.2. The molecule has 0 aromatic heterocycles. The summed E-state index contributed by atoms with van der Waals surface area (Å²) in [6.45, 7) is 16.2. The normalized spacial score (nSPS) is 21.7. The van der Waals surface area contributed by atoms with Crippen LogP contribution in [-0.2, 0) is 41.7 Å². The van der Waals surface area contributed by atoms with E-state index in [4.69, 9.17) is 18.8 Å². The van der Waals surface area contributed by atoms with Gasteiger partial charge in [-0.2, -0.15) is 17.2 Å². The van der Waals surface area contributed by atoms with E-state index < -0.39 is 38.7 Å². The van der Waals surface area contributed by atoms with Crippen molar-refractivity contribution in [3.8, 4) is 5.75 Å². The first-order valence-electron chi connectivity index (χ1n) is 14.6. The minimum Gasteiger partial charge on any atom is -0.486 e. The van der Waals surface area contributed by atoms with Gasteiger partial charge in [0.25, 0.3) is 0 Å². The molecule has 3 unspecified atom stereocenters. The zero-order valence-corrected chi connectivity index (χ0v) is 28.2. The van der Waals surface area contributed by atoms with Crippen LogP contribution in [-0.4, -0.2) is 37.5 Å². The molecule has 4 rings (SSSR count). The maximum atomic E-state index is 13.7. The predicted molar refractivity (Wildman–Crippen MR) is 169 cm³/mol. The average Bonchev–Trinajstić information content (AvgIpc) is 2.94. The summed E-state index contributed by atoms with van der Waals surface area (Å²) in [7, 11) is -6.15. The van der Waals surface area contributed by atoms with Gasteiger partial charge in [-0.25, -0.2) is 0 Å². The number of alkyl halides is 2. The minimum atomic E-state index is -5.58. The van der Waals surface area contributed by atoms with E-state index in [0.717, 1.165) is 20.2 Å². The smallest absolute Gasteiger partial charge is 0.402 e. The maximum absolute atomic E-state index is 13.7. The molecule has 1 fully saturated rings. The third-order valence-electron chi connectivity index (χ3n) is 7.86. The monoisotopic (exact) mass is 649 g/mol. The highest BCUT2D eigenvalue weighted by Crippen LogP contribution is 2.44. The first-order chi connectivity index (χ1) is 20.2. The van der Waals surface area contributed by atoms with Crippen molar-refractivity contribution in [2.75, 3.05) is 13.2 Å². The van der Waals surface area contributed by atoms with Gasteiger partial charge in [-0.3, -0.25) is 4.55 Å². The molecule has 0 saturated carbocycles. The molecular formula is C34H43F2O6S2+. The average molecular weight is 650 g/mol. The Labute approximate surface area is 263 Å². The second-order valence-corrected chi connectivity index (χ2v) is 17.1. The molecule has 44 heavy (non-hydrogen) atoms. The van der Waals surface area contributed by atoms with Gasteiger partial charge in [-0.05, 0) is 84.5 Å². The fourth-order valence-corrected chi connectivity index (χ4v) is 7.59. The lowest BCUT2D eigenvalue weighted by Crippen LogP contribution is -2.52. The maximum Gasteiger partial charge on any atom is 0.402 e. The summed E-state index contributed by atoms with van der Waals surface area (Å²) in [6, 6.07) is 23.2. The molecule has 0 bridgehead atoms. The summed E-state index contributed by atoms with van der Waals surface area (Å²) in [5.41, 5.74) is 1.99. The van der Waals surface area contributed by atoms with Gasteiger partial charge in [0.15, 0.2) is 27.1 Å². The van der Waals surface area contributed by atoms with Crippen LogP contribution in [0.4, 0.5) is 8.78 Å². The second kappa shape index (κ2) is 12.4. The molecule has 0 spiro atoms. The Balaban J connectivity index is 1.67. The van der Waals surface area contributed by atoms with Crippen LogP contribution in [0.2, 0.25) is 0 Å².